The van der Waals surface area contributed by atoms with Crippen LogP contribution in [0.4, 0.5) is 11.4 Å². The number of hydrogen-bond donors (Lipinski definition) is 4. The molecule has 4 atom stereocenters. The third-order valence-corrected chi connectivity index (χ3v) is 11.6. The second kappa shape index (κ2) is 12.1. The Bertz CT molecular complexity index is 2810. The molecule has 4 aromatic heterocycles. The van der Waals surface area contributed by atoms with E-state index < -0.39 is 0 Å². The monoisotopic (exact) mass is 715 g/mol. The van der Waals surface area contributed by atoms with Gasteiger partial charge in [0.25, 0.3) is 11.1 Å². The lowest BCUT2D eigenvalue weighted by Crippen LogP contribution is -2.29. The summed E-state index contributed by atoms with van der Waals surface area (Å²) in [5.74, 6) is -0.411. The van der Waals surface area contributed by atoms with Crippen LogP contribution in [0.1, 0.15) is 76.9 Å². The summed E-state index contributed by atoms with van der Waals surface area (Å²) in [6, 6.07) is 28.4. The molecular weight excluding hydrogens is 683 g/mol. The van der Waals surface area contributed by atoms with Crippen LogP contribution < -0.4 is 21.8 Å². The fraction of sp³-hybridized carbons (Fsp3) is 0.171. The molecule has 0 aliphatic carbocycles. The lowest BCUT2D eigenvalue weighted by atomic mass is 9.81. The van der Waals surface area contributed by atoms with Crippen molar-refractivity contribution in [1.29, 1.82) is 0 Å². The molecule has 53 heavy (non-hydrogen) atoms. The Morgan fingerprint density at radius 3 is 2.19 bits per heavy atom. The predicted molar refractivity (Wildman–Crippen MR) is 208 cm³/mol. The summed E-state index contributed by atoms with van der Waals surface area (Å²) < 4.78 is 2.18. The zero-order valence-electron chi connectivity index (χ0n) is 28.7. The topological polar surface area (TPSA) is 146 Å². The molecule has 4 N–H and O–H groups in total. The highest BCUT2D eigenvalue weighted by Crippen LogP contribution is 2.50. The number of aromatic nitrogens is 7. The third kappa shape index (κ3) is 4.93. The smallest absolute Gasteiger partial charge is 0.272 e. The largest absolute Gasteiger partial charge is 0.377 e. The Kier molecular flexibility index (Phi) is 7.15. The van der Waals surface area contributed by atoms with E-state index in [2.05, 4.69) is 90.7 Å². The third-order valence-electron chi connectivity index (χ3n) is 10.7. The minimum atomic E-state index is -0.247. The molecular formula is C41H33N9O2S. The Morgan fingerprint density at radius 2 is 1.40 bits per heavy atom. The zero-order chi connectivity index (χ0) is 35.8. The lowest BCUT2D eigenvalue weighted by molar-refractivity contribution is 0.526. The minimum Gasteiger partial charge on any atom is -0.377 e. The summed E-state index contributed by atoms with van der Waals surface area (Å²) in [4.78, 5) is 36.4. The quantitative estimate of drug-likeness (QED) is 0.137. The number of thiazole rings is 1. The van der Waals surface area contributed by atoms with Crippen molar-refractivity contribution in [1.82, 2.24) is 34.9 Å². The lowest BCUT2D eigenvalue weighted by Gasteiger charge is -2.35. The molecule has 0 amide bonds. The first-order valence-electron chi connectivity index (χ1n) is 17.6. The normalized spacial score (nSPS) is 19.0. The van der Waals surface area contributed by atoms with Gasteiger partial charge in [0.05, 0.1) is 57.9 Å². The molecule has 12 heteroatoms. The van der Waals surface area contributed by atoms with Crippen LogP contribution in [0.5, 0.6) is 0 Å². The first-order valence-corrected chi connectivity index (χ1v) is 18.5. The van der Waals surface area contributed by atoms with Crippen molar-refractivity contribution < 1.29 is 0 Å². The van der Waals surface area contributed by atoms with Crippen molar-refractivity contribution in [3.05, 3.63) is 163 Å². The van der Waals surface area contributed by atoms with Crippen LogP contribution in [0.2, 0.25) is 0 Å². The van der Waals surface area contributed by atoms with Gasteiger partial charge < -0.3 is 15.2 Å². The van der Waals surface area contributed by atoms with E-state index in [4.69, 9.17) is 5.10 Å². The number of anilines is 2. The predicted octanol–water partition coefficient (Wildman–Crippen LogP) is 7.66. The van der Waals surface area contributed by atoms with Gasteiger partial charge in [-0.2, -0.15) is 10.2 Å². The molecule has 2 aliphatic heterocycles. The maximum Gasteiger partial charge on any atom is 0.272 e. The molecule has 0 spiro atoms. The number of rotatable bonds is 6. The van der Waals surface area contributed by atoms with Gasteiger partial charge in [0.15, 0.2) is 0 Å². The van der Waals surface area contributed by atoms with Crippen LogP contribution in [0, 0.1) is 0 Å². The summed E-state index contributed by atoms with van der Waals surface area (Å²) in [5, 5.41) is 25.4. The Hall–Kier alpha value is -6.40. The highest BCUT2D eigenvalue weighted by Gasteiger charge is 2.38. The van der Waals surface area contributed by atoms with Crippen molar-refractivity contribution in [3.63, 3.8) is 0 Å². The molecule has 4 unspecified atom stereocenters. The molecule has 260 valence electrons. The maximum atomic E-state index is 13.6. The minimum absolute atomic E-state index is 0.172. The average molecular weight is 716 g/mol. The number of imidazole rings is 1. The van der Waals surface area contributed by atoms with Gasteiger partial charge in [-0.15, -0.1) is 11.3 Å². The number of H-pyrrole nitrogens is 2. The van der Waals surface area contributed by atoms with E-state index in [1.165, 1.54) is 0 Å². The average Bonchev–Trinajstić information content (AvgIpc) is 3.91. The van der Waals surface area contributed by atoms with Gasteiger partial charge in [0.2, 0.25) is 0 Å². The molecule has 8 aromatic rings. The van der Waals surface area contributed by atoms with E-state index in [1.807, 2.05) is 72.8 Å². The molecule has 6 heterocycles. The van der Waals surface area contributed by atoms with E-state index in [9.17, 15) is 9.59 Å². The van der Waals surface area contributed by atoms with E-state index in [0.717, 1.165) is 66.4 Å². The van der Waals surface area contributed by atoms with Gasteiger partial charge in [0, 0.05) is 51.2 Å². The number of nitrogens with one attached hydrogen (secondary N) is 4. The standard InChI is InChI=1S/C41H33N9O2S/c1-21(2)50-19-42-17-30(50)34-36(22-8-4-3-5-9-22)45-29-16-25(15-27-33(29)38(34)46-49-41(27)52)23-10-6-11-24(14-23)37-35(31-18-43-20-53-31)39-32-26(40(51)48-47-39)12-7-13-28(32)44-37/h3-21,34-37,44-45H,1-2H3,(H,48,51)(H,49,52). The van der Waals surface area contributed by atoms with Crippen molar-refractivity contribution in [2.24, 2.45) is 0 Å². The highest BCUT2D eigenvalue weighted by atomic mass is 32.1. The number of benzene rings is 4. The van der Waals surface area contributed by atoms with Crippen molar-refractivity contribution in [2.75, 3.05) is 10.6 Å². The maximum absolute atomic E-state index is 13.6. The molecule has 0 saturated heterocycles. The molecule has 0 fully saturated rings. The number of aromatic amines is 2. The molecule has 0 bridgehead atoms. The van der Waals surface area contributed by atoms with Crippen LogP contribution in [0.3, 0.4) is 0 Å². The van der Waals surface area contributed by atoms with Gasteiger partial charge in [0.1, 0.15) is 0 Å². The zero-order valence-corrected chi connectivity index (χ0v) is 29.6. The fourth-order valence-corrected chi connectivity index (χ4v) is 9.10. The second-order valence-corrected chi connectivity index (χ2v) is 14.9. The Labute approximate surface area is 306 Å². The van der Waals surface area contributed by atoms with Crippen molar-refractivity contribution in [2.45, 2.75) is 43.8 Å². The summed E-state index contributed by atoms with van der Waals surface area (Å²) in [6.45, 7) is 4.28. The summed E-state index contributed by atoms with van der Waals surface area (Å²) in [6.07, 6.45) is 5.66. The second-order valence-electron chi connectivity index (χ2n) is 14.0. The van der Waals surface area contributed by atoms with Crippen molar-refractivity contribution >= 4 is 44.3 Å². The van der Waals surface area contributed by atoms with Gasteiger partial charge in [-0.3, -0.25) is 14.6 Å². The van der Waals surface area contributed by atoms with E-state index in [0.29, 0.717) is 10.8 Å². The summed E-state index contributed by atoms with van der Waals surface area (Å²) in [5.41, 5.74) is 9.71. The molecule has 10 rings (SSSR count). The van der Waals surface area contributed by atoms with Gasteiger partial charge in [-0.1, -0.05) is 54.6 Å². The van der Waals surface area contributed by atoms with E-state index in [-0.39, 0.29) is 41.1 Å². The Morgan fingerprint density at radius 1 is 0.679 bits per heavy atom. The van der Waals surface area contributed by atoms with E-state index in [1.54, 1.807) is 11.3 Å². The molecule has 2 aliphatic rings. The first kappa shape index (κ1) is 31.3. The molecule has 11 nitrogen and oxygen atoms in total. The first-order chi connectivity index (χ1) is 25.9. The van der Waals surface area contributed by atoms with Crippen LogP contribution >= 0.6 is 11.3 Å². The van der Waals surface area contributed by atoms with Gasteiger partial charge in [-0.25, -0.2) is 15.2 Å². The molecule has 4 aromatic carbocycles. The molecule has 0 saturated carbocycles. The molecule has 0 radical (unpaired) electrons. The summed E-state index contributed by atoms with van der Waals surface area (Å²) >= 11 is 1.57. The Balaban J connectivity index is 1.13. The fourth-order valence-electron chi connectivity index (χ4n) is 8.34. The van der Waals surface area contributed by atoms with Crippen LogP contribution in [0.25, 0.3) is 32.7 Å². The summed E-state index contributed by atoms with van der Waals surface area (Å²) in [7, 11) is 0. The van der Waals surface area contributed by atoms with Crippen molar-refractivity contribution in [3.8, 4) is 11.1 Å². The number of hydrogen-bond acceptors (Lipinski definition) is 9. The van der Waals surface area contributed by atoms with Crippen LogP contribution in [0.15, 0.2) is 119 Å². The van der Waals surface area contributed by atoms with Crippen LogP contribution in [-0.2, 0) is 0 Å². The van der Waals surface area contributed by atoms with Crippen LogP contribution in [-0.4, -0.2) is 34.9 Å². The SMILES string of the molecule is CC(C)n1cncc1C1c2n[nH]c(=O)c3cc(-c4cccc(C5Nc6cccc7c(=O)[nH]nc(c67)C5c5cncs5)c4)cc(c23)NC1c1ccccc1. The number of nitrogens with zero attached hydrogens (tertiary/aromatic N) is 5. The van der Waals surface area contributed by atoms with E-state index >= 15 is 0 Å². The van der Waals surface area contributed by atoms with Gasteiger partial charge >= 0.3 is 0 Å². The van der Waals surface area contributed by atoms with Gasteiger partial charge in [-0.05, 0) is 66.4 Å². The highest BCUT2D eigenvalue weighted by molar-refractivity contribution is 7.09.